The van der Waals surface area contributed by atoms with Crippen molar-refractivity contribution < 1.29 is 14.7 Å². The summed E-state index contributed by atoms with van der Waals surface area (Å²) in [4.78, 5) is 25.0. The van der Waals surface area contributed by atoms with E-state index >= 15 is 0 Å². The number of hydrogen-bond donors (Lipinski definition) is 2. The zero-order valence-corrected chi connectivity index (χ0v) is 11.6. The lowest BCUT2D eigenvalue weighted by Gasteiger charge is -2.36. The third kappa shape index (κ3) is 3.85. The van der Waals surface area contributed by atoms with E-state index in [-0.39, 0.29) is 18.0 Å². The second-order valence-corrected chi connectivity index (χ2v) is 6.07. The Bertz CT molecular complexity index is 340. The molecule has 19 heavy (non-hydrogen) atoms. The zero-order chi connectivity index (χ0) is 13.8. The van der Waals surface area contributed by atoms with E-state index in [1.807, 2.05) is 6.92 Å². The summed E-state index contributed by atoms with van der Waals surface area (Å²) in [6.45, 7) is 3.02. The van der Waals surface area contributed by atoms with E-state index in [0.717, 1.165) is 12.8 Å². The molecule has 2 rings (SSSR count). The van der Waals surface area contributed by atoms with Crippen molar-refractivity contribution in [1.29, 1.82) is 0 Å². The largest absolute Gasteiger partial charge is 0.481 e. The van der Waals surface area contributed by atoms with Crippen LogP contribution in [-0.4, -0.2) is 41.1 Å². The predicted molar refractivity (Wildman–Crippen MR) is 71.9 cm³/mol. The van der Waals surface area contributed by atoms with Gasteiger partial charge >= 0.3 is 12.0 Å². The number of aliphatic carboxylic acids is 1. The monoisotopic (exact) mass is 268 g/mol. The van der Waals surface area contributed by atoms with Crippen molar-refractivity contribution >= 4 is 12.0 Å². The molecular weight excluding hydrogens is 244 g/mol. The second kappa shape index (κ2) is 6.26. The van der Waals surface area contributed by atoms with Gasteiger partial charge in [0.15, 0.2) is 0 Å². The molecule has 5 nitrogen and oxygen atoms in total. The van der Waals surface area contributed by atoms with Crippen LogP contribution in [0.5, 0.6) is 0 Å². The fourth-order valence-corrected chi connectivity index (χ4v) is 3.21. The van der Waals surface area contributed by atoms with Crippen LogP contribution in [0.2, 0.25) is 0 Å². The van der Waals surface area contributed by atoms with Crippen molar-refractivity contribution in [3.05, 3.63) is 0 Å². The van der Waals surface area contributed by atoms with Gasteiger partial charge in [-0.3, -0.25) is 4.79 Å². The Kier molecular flexibility index (Phi) is 4.66. The normalized spacial score (nSPS) is 29.0. The van der Waals surface area contributed by atoms with E-state index in [2.05, 4.69) is 5.32 Å². The summed E-state index contributed by atoms with van der Waals surface area (Å²) in [5, 5.41) is 12.2. The van der Waals surface area contributed by atoms with Gasteiger partial charge in [0, 0.05) is 19.1 Å². The molecular formula is C14H24N2O3. The standard InChI is InChI=1S/C14H24N2O3/c1-10-7-11(13(17)18)9-16(8-10)14(19)15-12-5-3-2-4-6-12/h10-12H,2-9H2,1H3,(H,15,19)(H,17,18). The van der Waals surface area contributed by atoms with Gasteiger partial charge in [0.05, 0.1) is 5.92 Å². The average molecular weight is 268 g/mol. The van der Waals surface area contributed by atoms with Gasteiger partial charge in [0.2, 0.25) is 0 Å². The summed E-state index contributed by atoms with van der Waals surface area (Å²) in [5.41, 5.74) is 0. The molecule has 2 atom stereocenters. The molecule has 2 fully saturated rings. The summed E-state index contributed by atoms with van der Waals surface area (Å²) in [6.07, 6.45) is 6.39. The average Bonchev–Trinajstić information content (AvgIpc) is 2.39. The number of carbonyl (C=O) groups is 2. The Balaban J connectivity index is 1.88. The Morgan fingerprint density at radius 3 is 2.47 bits per heavy atom. The molecule has 0 aromatic carbocycles. The van der Waals surface area contributed by atoms with E-state index < -0.39 is 11.9 Å². The van der Waals surface area contributed by atoms with Crippen LogP contribution in [-0.2, 0) is 4.79 Å². The Morgan fingerprint density at radius 1 is 1.16 bits per heavy atom. The molecule has 1 saturated heterocycles. The maximum atomic E-state index is 12.2. The molecule has 1 heterocycles. The number of piperidine rings is 1. The molecule has 2 unspecified atom stereocenters. The van der Waals surface area contributed by atoms with Gasteiger partial charge in [0.1, 0.15) is 0 Å². The Labute approximate surface area is 114 Å². The molecule has 108 valence electrons. The van der Waals surface area contributed by atoms with Gasteiger partial charge in [-0.1, -0.05) is 26.2 Å². The molecule has 0 bridgehead atoms. The van der Waals surface area contributed by atoms with Crippen molar-refractivity contribution in [2.45, 2.75) is 51.5 Å². The minimum Gasteiger partial charge on any atom is -0.481 e. The van der Waals surface area contributed by atoms with E-state index in [1.54, 1.807) is 4.90 Å². The number of hydrogen-bond acceptors (Lipinski definition) is 2. The van der Waals surface area contributed by atoms with Crippen LogP contribution in [0.15, 0.2) is 0 Å². The smallest absolute Gasteiger partial charge is 0.317 e. The lowest BCUT2D eigenvalue weighted by molar-refractivity contribution is -0.143. The van der Waals surface area contributed by atoms with Crippen molar-refractivity contribution in [3.63, 3.8) is 0 Å². The molecule has 2 amide bonds. The molecule has 0 aromatic rings. The first-order valence-electron chi connectivity index (χ1n) is 7.34. The zero-order valence-electron chi connectivity index (χ0n) is 11.6. The first-order chi connectivity index (χ1) is 9.06. The third-order valence-electron chi connectivity index (χ3n) is 4.23. The molecule has 1 aliphatic carbocycles. The number of nitrogens with zero attached hydrogens (tertiary/aromatic N) is 1. The highest BCUT2D eigenvalue weighted by molar-refractivity contribution is 5.76. The maximum Gasteiger partial charge on any atom is 0.317 e. The molecule has 0 spiro atoms. The summed E-state index contributed by atoms with van der Waals surface area (Å²) < 4.78 is 0. The van der Waals surface area contributed by atoms with E-state index in [4.69, 9.17) is 5.11 Å². The van der Waals surface area contributed by atoms with Gasteiger partial charge in [-0.05, 0) is 25.2 Å². The number of nitrogens with one attached hydrogen (secondary N) is 1. The highest BCUT2D eigenvalue weighted by Crippen LogP contribution is 2.23. The minimum absolute atomic E-state index is 0.0790. The van der Waals surface area contributed by atoms with Crippen LogP contribution in [0.4, 0.5) is 4.79 Å². The van der Waals surface area contributed by atoms with Crippen LogP contribution in [0.1, 0.15) is 45.4 Å². The fraction of sp³-hybridized carbons (Fsp3) is 0.857. The van der Waals surface area contributed by atoms with E-state index in [0.29, 0.717) is 19.5 Å². The topological polar surface area (TPSA) is 69.6 Å². The number of carboxylic acids is 1. The van der Waals surface area contributed by atoms with Crippen molar-refractivity contribution in [2.24, 2.45) is 11.8 Å². The highest BCUT2D eigenvalue weighted by atomic mass is 16.4. The van der Waals surface area contributed by atoms with Crippen molar-refractivity contribution in [1.82, 2.24) is 10.2 Å². The van der Waals surface area contributed by atoms with Crippen molar-refractivity contribution in [3.8, 4) is 0 Å². The molecule has 1 aliphatic heterocycles. The predicted octanol–water partition coefficient (Wildman–Crippen LogP) is 2.07. The number of rotatable bonds is 2. The maximum absolute atomic E-state index is 12.2. The van der Waals surface area contributed by atoms with Gasteiger partial charge in [-0.15, -0.1) is 0 Å². The van der Waals surface area contributed by atoms with Crippen LogP contribution in [0.25, 0.3) is 0 Å². The van der Waals surface area contributed by atoms with Crippen molar-refractivity contribution in [2.75, 3.05) is 13.1 Å². The van der Waals surface area contributed by atoms with Gasteiger partial charge in [-0.25, -0.2) is 4.79 Å². The molecule has 2 N–H and O–H groups in total. The van der Waals surface area contributed by atoms with E-state index in [1.165, 1.54) is 19.3 Å². The molecule has 1 saturated carbocycles. The highest BCUT2D eigenvalue weighted by Gasteiger charge is 2.32. The molecule has 2 aliphatic rings. The van der Waals surface area contributed by atoms with Crippen LogP contribution in [0.3, 0.4) is 0 Å². The summed E-state index contributed by atoms with van der Waals surface area (Å²) in [5.74, 6) is -0.949. The number of urea groups is 1. The third-order valence-corrected chi connectivity index (χ3v) is 4.23. The Hall–Kier alpha value is -1.26. The quantitative estimate of drug-likeness (QED) is 0.805. The van der Waals surface area contributed by atoms with E-state index in [9.17, 15) is 9.59 Å². The number of carbonyl (C=O) groups excluding carboxylic acids is 1. The SMILES string of the molecule is CC1CC(C(=O)O)CN(C(=O)NC2CCCCC2)C1. The molecule has 0 radical (unpaired) electrons. The fourth-order valence-electron chi connectivity index (χ4n) is 3.21. The second-order valence-electron chi connectivity index (χ2n) is 6.07. The van der Waals surface area contributed by atoms with Gasteiger partial charge < -0.3 is 15.3 Å². The Morgan fingerprint density at radius 2 is 1.84 bits per heavy atom. The first kappa shape index (κ1) is 14.2. The number of likely N-dealkylation sites (tertiary alicyclic amines) is 1. The molecule has 5 heteroatoms. The summed E-state index contributed by atoms with van der Waals surface area (Å²) in [7, 11) is 0. The number of amides is 2. The van der Waals surface area contributed by atoms with Crippen LogP contribution in [0, 0.1) is 11.8 Å². The summed E-state index contributed by atoms with van der Waals surface area (Å²) in [6, 6.07) is 0.200. The summed E-state index contributed by atoms with van der Waals surface area (Å²) >= 11 is 0. The van der Waals surface area contributed by atoms with Gasteiger partial charge in [-0.2, -0.15) is 0 Å². The number of carboxylic acid groups (broad SMARTS) is 1. The minimum atomic E-state index is -0.790. The lowest BCUT2D eigenvalue weighted by atomic mass is 9.90. The van der Waals surface area contributed by atoms with Crippen LogP contribution < -0.4 is 5.32 Å². The van der Waals surface area contributed by atoms with Gasteiger partial charge in [0.25, 0.3) is 0 Å². The lowest BCUT2D eigenvalue weighted by Crippen LogP contribution is -2.51. The first-order valence-corrected chi connectivity index (χ1v) is 7.34. The molecule has 0 aromatic heterocycles. The van der Waals surface area contributed by atoms with Crippen LogP contribution >= 0.6 is 0 Å².